The number of carbonyl (C=O) groups is 1. The Labute approximate surface area is 111 Å². The summed E-state index contributed by atoms with van der Waals surface area (Å²) < 4.78 is 0. The first kappa shape index (κ1) is 14.7. The van der Waals surface area contributed by atoms with E-state index in [4.69, 9.17) is 0 Å². The van der Waals surface area contributed by atoms with Gasteiger partial charge in [0, 0.05) is 12.5 Å². The molecule has 1 atom stereocenters. The lowest BCUT2D eigenvalue weighted by atomic mass is 9.98. The molecule has 1 aromatic carbocycles. The van der Waals surface area contributed by atoms with E-state index in [0.717, 1.165) is 38.6 Å². The lowest BCUT2D eigenvalue weighted by Crippen LogP contribution is -2.32. The lowest BCUT2D eigenvalue weighted by Gasteiger charge is -2.14. The van der Waals surface area contributed by atoms with Crippen molar-refractivity contribution < 1.29 is 4.79 Å². The van der Waals surface area contributed by atoms with Crippen LogP contribution < -0.4 is 5.32 Å². The molecule has 100 valence electrons. The van der Waals surface area contributed by atoms with Crippen molar-refractivity contribution in [3.63, 3.8) is 0 Å². The topological polar surface area (TPSA) is 29.1 Å². The van der Waals surface area contributed by atoms with Crippen LogP contribution in [0, 0.1) is 5.92 Å². The number of hydrogen-bond donors (Lipinski definition) is 1. The average molecular weight is 247 g/mol. The van der Waals surface area contributed by atoms with Crippen molar-refractivity contribution in [3.8, 4) is 0 Å². The zero-order valence-corrected chi connectivity index (χ0v) is 11.6. The SMILES string of the molecule is CCCC[C@H](CC)C(=O)NCCc1ccccc1. The second-order valence-electron chi connectivity index (χ2n) is 4.77. The number of benzene rings is 1. The van der Waals surface area contributed by atoms with E-state index in [1.165, 1.54) is 5.56 Å². The second-order valence-corrected chi connectivity index (χ2v) is 4.77. The third-order valence-electron chi connectivity index (χ3n) is 3.33. The van der Waals surface area contributed by atoms with Crippen molar-refractivity contribution in [1.29, 1.82) is 0 Å². The fourth-order valence-corrected chi connectivity index (χ4v) is 2.09. The van der Waals surface area contributed by atoms with E-state index in [2.05, 4.69) is 31.3 Å². The highest BCUT2D eigenvalue weighted by atomic mass is 16.1. The van der Waals surface area contributed by atoms with Crippen LogP contribution in [0.15, 0.2) is 30.3 Å². The molecule has 0 spiro atoms. The van der Waals surface area contributed by atoms with Gasteiger partial charge in [-0.3, -0.25) is 4.79 Å². The Morgan fingerprint density at radius 2 is 1.94 bits per heavy atom. The molecule has 18 heavy (non-hydrogen) atoms. The van der Waals surface area contributed by atoms with Crippen LogP contribution in [0.25, 0.3) is 0 Å². The largest absolute Gasteiger partial charge is 0.356 e. The molecule has 0 aliphatic carbocycles. The molecule has 0 radical (unpaired) electrons. The number of hydrogen-bond acceptors (Lipinski definition) is 1. The van der Waals surface area contributed by atoms with Gasteiger partial charge in [0.25, 0.3) is 0 Å². The molecule has 0 fully saturated rings. The zero-order chi connectivity index (χ0) is 13.2. The summed E-state index contributed by atoms with van der Waals surface area (Å²) in [7, 11) is 0. The van der Waals surface area contributed by atoms with E-state index in [1.54, 1.807) is 0 Å². The summed E-state index contributed by atoms with van der Waals surface area (Å²) in [5, 5.41) is 3.05. The van der Waals surface area contributed by atoms with Gasteiger partial charge >= 0.3 is 0 Å². The molecule has 0 unspecified atom stereocenters. The summed E-state index contributed by atoms with van der Waals surface area (Å²) in [6.45, 7) is 5.00. The van der Waals surface area contributed by atoms with E-state index in [1.807, 2.05) is 18.2 Å². The quantitative estimate of drug-likeness (QED) is 0.747. The molecule has 2 heteroatoms. The van der Waals surface area contributed by atoms with Gasteiger partial charge in [0.2, 0.25) is 5.91 Å². The van der Waals surface area contributed by atoms with Gasteiger partial charge in [0.1, 0.15) is 0 Å². The Bertz CT molecular complexity index is 334. The van der Waals surface area contributed by atoms with E-state index in [-0.39, 0.29) is 11.8 Å². The highest BCUT2D eigenvalue weighted by Crippen LogP contribution is 2.12. The van der Waals surface area contributed by atoms with Gasteiger partial charge in [-0.25, -0.2) is 0 Å². The Kier molecular flexibility index (Phi) is 7.16. The van der Waals surface area contributed by atoms with Crippen molar-refractivity contribution in [2.45, 2.75) is 46.0 Å². The van der Waals surface area contributed by atoms with Gasteiger partial charge in [-0.05, 0) is 24.8 Å². The van der Waals surface area contributed by atoms with Crippen LogP contribution >= 0.6 is 0 Å². The molecule has 0 saturated carbocycles. The van der Waals surface area contributed by atoms with Crippen LogP contribution in [0.1, 0.15) is 45.1 Å². The maximum atomic E-state index is 12.0. The number of rotatable bonds is 8. The van der Waals surface area contributed by atoms with Gasteiger partial charge in [-0.15, -0.1) is 0 Å². The van der Waals surface area contributed by atoms with E-state index >= 15 is 0 Å². The second kappa shape index (κ2) is 8.73. The summed E-state index contributed by atoms with van der Waals surface area (Å²) in [6.07, 6.45) is 5.18. The maximum Gasteiger partial charge on any atom is 0.223 e. The van der Waals surface area contributed by atoms with E-state index in [9.17, 15) is 4.79 Å². The first-order chi connectivity index (χ1) is 8.77. The molecule has 0 saturated heterocycles. The highest BCUT2D eigenvalue weighted by Gasteiger charge is 2.14. The standard InChI is InChI=1S/C16H25NO/c1-3-5-11-15(4-2)16(18)17-13-12-14-9-7-6-8-10-14/h6-10,15H,3-5,11-13H2,1-2H3,(H,17,18)/t15-/m0/s1. The van der Waals surface area contributed by atoms with Gasteiger partial charge in [0.05, 0.1) is 0 Å². The van der Waals surface area contributed by atoms with Crippen LogP contribution in [0.5, 0.6) is 0 Å². The third-order valence-corrected chi connectivity index (χ3v) is 3.33. The molecule has 0 bridgehead atoms. The average Bonchev–Trinajstić information content (AvgIpc) is 2.41. The van der Waals surface area contributed by atoms with Crippen molar-refractivity contribution in [2.75, 3.05) is 6.54 Å². The molecule has 1 rings (SSSR count). The molecule has 1 amide bonds. The molecular formula is C16H25NO. The van der Waals surface area contributed by atoms with Crippen LogP contribution in [-0.2, 0) is 11.2 Å². The van der Waals surface area contributed by atoms with Crippen LogP contribution in [-0.4, -0.2) is 12.5 Å². The summed E-state index contributed by atoms with van der Waals surface area (Å²) in [5.74, 6) is 0.419. The van der Waals surface area contributed by atoms with Gasteiger partial charge < -0.3 is 5.32 Å². The summed E-state index contributed by atoms with van der Waals surface area (Å²) in [4.78, 5) is 12.0. The normalized spacial score (nSPS) is 12.1. The Morgan fingerprint density at radius 3 is 2.56 bits per heavy atom. The molecule has 0 aliphatic heterocycles. The van der Waals surface area contributed by atoms with Crippen LogP contribution in [0.2, 0.25) is 0 Å². The maximum absolute atomic E-state index is 12.0. The minimum absolute atomic E-state index is 0.195. The molecule has 0 aromatic heterocycles. The number of unbranched alkanes of at least 4 members (excludes halogenated alkanes) is 1. The summed E-state index contributed by atoms with van der Waals surface area (Å²) in [5.41, 5.74) is 1.28. The van der Waals surface area contributed by atoms with Crippen molar-refractivity contribution in [2.24, 2.45) is 5.92 Å². The highest BCUT2D eigenvalue weighted by molar-refractivity contribution is 5.78. The van der Waals surface area contributed by atoms with Gasteiger partial charge in [-0.1, -0.05) is 57.0 Å². The minimum atomic E-state index is 0.195. The van der Waals surface area contributed by atoms with E-state index in [0.29, 0.717) is 0 Å². The minimum Gasteiger partial charge on any atom is -0.356 e. The predicted molar refractivity (Wildman–Crippen MR) is 76.5 cm³/mol. The van der Waals surface area contributed by atoms with Crippen molar-refractivity contribution in [3.05, 3.63) is 35.9 Å². The zero-order valence-electron chi connectivity index (χ0n) is 11.6. The number of carbonyl (C=O) groups excluding carboxylic acids is 1. The molecule has 1 N–H and O–H groups in total. The Hall–Kier alpha value is -1.31. The number of nitrogens with one attached hydrogen (secondary N) is 1. The van der Waals surface area contributed by atoms with Crippen molar-refractivity contribution in [1.82, 2.24) is 5.32 Å². The molecule has 0 aliphatic rings. The molecule has 1 aromatic rings. The Balaban J connectivity index is 2.27. The summed E-state index contributed by atoms with van der Waals surface area (Å²) in [6, 6.07) is 10.3. The third kappa shape index (κ3) is 5.35. The van der Waals surface area contributed by atoms with Crippen LogP contribution in [0.3, 0.4) is 0 Å². The first-order valence-electron chi connectivity index (χ1n) is 7.09. The van der Waals surface area contributed by atoms with Crippen LogP contribution in [0.4, 0.5) is 0 Å². The lowest BCUT2D eigenvalue weighted by molar-refractivity contribution is -0.125. The van der Waals surface area contributed by atoms with Gasteiger partial charge in [-0.2, -0.15) is 0 Å². The molecular weight excluding hydrogens is 222 g/mol. The number of amides is 1. The smallest absolute Gasteiger partial charge is 0.223 e. The first-order valence-corrected chi connectivity index (χ1v) is 7.09. The van der Waals surface area contributed by atoms with Crippen molar-refractivity contribution >= 4 is 5.91 Å². The summed E-state index contributed by atoms with van der Waals surface area (Å²) >= 11 is 0. The molecule has 2 nitrogen and oxygen atoms in total. The molecule has 0 heterocycles. The predicted octanol–water partition coefficient (Wildman–Crippen LogP) is 3.56. The Morgan fingerprint density at radius 1 is 1.22 bits per heavy atom. The van der Waals surface area contributed by atoms with Gasteiger partial charge in [0.15, 0.2) is 0 Å². The van der Waals surface area contributed by atoms with E-state index < -0.39 is 0 Å². The fraction of sp³-hybridized carbons (Fsp3) is 0.562. The fourth-order valence-electron chi connectivity index (χ4n) is 2.09. The monoisotopic (exact) mass is 247 g/mol.